The van der Waals surface area contributed by atoms with E-state index in [9.17, 15) is 4.79 Å². The minimum atomic E-state index is 0.00400. The Morgan fingerprint density at radius 3 is 2.53 bits per heavy atom. The molecule has 0 amide bonds. The fourth-order valence-corrected chi connectivity index (χ4v) is 2.07. The van der Waals surface area contributed by atoms with E-state index in [4.69, 9.17) is 5.73 Å². The fraction of sp³-hybridized carbons (Fsp3) is 0.438. The van der Waals surface area contributed by atoms with Gasteiger partial charge in [-0.05, 0) is 28.9 Å². The van der Waals surface area contributed by atoms with Crippen molar-refractivity contribution < 1.29 is 0 Å². The predicted molar refractivity (Wildman–Crippen MR) is 81.2 cm³/mol. The number of benzene rings is 1. The highest BCUT2D eigenvalue weighted by molar-refractivity contribution is 5.83. The molecule has 0 aliphatic rings. The van der Waals surface area contributed by atoms with Crippen LogP contribution in [0.1, 0.15) is 27.7 Å². The van der Waals surface area contributed by atoms with Crippen molar-refractivity contribution in [1.29, 1.82) is 0 Å². The lowest BCUT2D eigenvalue weighted by Crippen LogP contribution is -2.33. The van der Waals surface area contributed by atoms with Crippen LogP contribution in [-0.4, -0.2) is 4.57 Å². The molecule has 0 unspecified atom stereocenters. The Bertz CT molecular complexity index is 653. The third-order valence-electron chi connectivity index (χ3n) is 4.18. The van der Waals surface area contributed by atoms with Crippen LogP contribution in [0.4, 0.5) is 5.82 Å². The summed E-state index contributed by atoms with van der Waals surface area (Å²) in [6.07, 6.45) is 0. The lowest BCUT2D eigenvalue weighted by molar-refractivity contribution is 0.209. The van der Waals surface area contributed by atoms with Crippen molar-refractivity contribution in [3.05, 3.63) is 40.7 Å². The maximum absolute atomic E-state index is 12.5. The normalized spacial score (nSPS) is 12.3. The van der Waals surface area contributed by atoms with E-state index in [1.54, 1.807) is 4.57 Å². The van der Waals surface area contributed by atoms with Gasteiger partial charge in [-0.2, -0.15) is 0 Å². The lowest BCUT2D eigenvalue weighted by Gasteiger charge is -2.30. The zero-order valence-electron chi connectivity index (χ0n) is 12.1. The van der Waals surface area contributed by atoms with E-state index in [2.05, 4.69) is 27.7 Å². The summed E-state index contributed by atoms with van der Waals surface area (Å²) in [6, 6.07) is 9.47. The molecule has 0 saturated heterocycles. The summed E-state index contributed by atoms with van der Waals surface area (Å²) >= 11 is 0. The van der Waals surface area contributed by atoms with E-state index in [0.717, 1.165) is 10.8 Å². The zero-order valence-corrected chi connectivity index (χ0v) is 12.1. The van der Waals surface area contributed by atoms with Crippen LogP contribution in [-0.2, 0) is 6.54 Å². The van der Waals surface area contributed by atoms with Gasteiger partial charge in [-0.1, -0.05) is 45.9 Å². The van der Waals surface area contributed by atoms with Crippen molar-refractivity contribution in [3.8, 4) is 0 Å². The number of hydrogen-bond acceptors (Lipinski definition) is 2. The van der Waals surface area contributed by atoms with Crippen LogP contribution in [0.15, 0.2) is 35.1 Å². The van der Waals surface area contributed by atoms with Crippen molar-refractivity contribution >= 4 is 16.6 Å². The summed E-state index contributed by atoms with van der Waals surface area (Å²) in [5.74, 6) is 1.02. The quantitative estimate of drug-likeness (QED) is 0.918. The number of nitrogens with two attached hydrogens (primary N) is 1. The molecule has 1 aromatic heterocycles. The molecule has 0 aliphatic carbocycles. The topological polar surface area (TPSA) is 48.0 Å². The van der Waals surface area contributed by atoms with E-state index < -0.39 is 0 Å². The van der Waals surface area contributed by atoms with Gasteiger partial charge in [0.25, 0.3) is 5.56 Å². The summed E-state index contributed by atoms with van der Waals surface area (Å²) in [7, 11) is 0. The first-order chi connectivity index (χ1) is 8.83. The number of fused-ring (bicyclic) bond motifs is 1. The number of anilines is 1. The Balaban J connectivity index is 2.59. The second-order valence-electron chi connectivity index (χ2n) is 6.19. The Hall–Kier alpha value is -1.77. The maximum atomic E-state index is 12.5. The van der Waals surface area contributed by atoms with Crippen molar-refractivity contribution in [3.63, 3.8) is 0 Å². The molecular formula is C16H22N2O. The first-order valence-corrected chi connectivity index (χ1v) is 6.71. The Morgan fingerprint density at radius 1 is 1.26 bits per heavy atom. The average molecular weight is 258 g/mol. The molecule has 2 aromatic rings. The largest absolute Gasteiger partial charge is 0.385 e. The number of aromatic nitrogens is 1. The van der Waals surface area contributed by atoms with Crippen LogP contribution in [0.25, 0.3) is 10.8 Å². The summed E-state index contributed by atoms with van der Waals surface area (Å²) in [6.45, 7) is 9.31. The van der Waals surface area contributed by atoms with E-state index in [1.807, 2.05) is 30.3 Å². The molecule has 3 nitrogen and oxygen atoms in total. The Labute approximate surface area is 114 Å². The van der Waals surface area contributed by atoms with Gasteiger partial charge >= 0.3 is 0 Å². The standard InChI is InChI=1S/C16H22N2O/c1-11(2)16(3,4)10-18-14(17)9-12-7-5-6-8-13(12)15(18)19/h5-9,11H,10,17H2,1-4H3. The highest BCUT2D eigenvalue weighted by atomic mass is 16.1. The first-order valence-electron chi connectivity index (χ1n) is 6.71. The van der Waals surface area contributed by atoms with E-state index in [-0.39, 0.29) is 11.0 Å². The van der Waals surface area contributed by atoms with Crippen molar-refractivity contribution in [1.82, 2.24) is 4.57 Å². The number of hydrogen-bond donors (Lipinski definition) is 1. The summed E-state index contributed by atoms with van der Waals surface area (Å²) in [4.78, 5) is 12.5. The maximum Gasteiger partial charge on any atom is 0.259 e. The number of nitrogen functional groups attached to an aromatic ring is 1. The summed E-state index contributed by atoms with van der Waals surface area (Å²) < 4.78 is 1.70. The molecule has 0 saturated carbocycles. The van der Waals surface area contributed by atoms with Gasteiger partial charge in [0, 0.05) is 11.9 Å². The zero-order chi connectivity index (χ0) is 14.2. The van der Waals surface area contributed by atoms with Crippen molar-refractivity contribution in [2.24, 2.45) is 11.3 Å². The van der Waals surface area contributed by atoms with E-state index in [1.165, 1.54) is 0 Å². The predicted octanol–water partition coefficient (Wildman–Crippen LogP) is 3.27. The van der Waals surface area contributed by atoms with Gasteiger partial charge in [0.1, 0.15) is 5.82 Å². The molecule has 0 fully saturated rings. The highest BCUT2D eigenvalue weighted by Gasteiger charge is 2.24. The molecule has 0 radical (unpaired) electrons. The number of pyridine rings is 1. The third kappa shape index (κ3) is 2.50. The molecule has 2 N–H and O–H groups in total. The molecule has 19 heavy (non-hydrogen) atoms. The van der Waals surface area contributed by atoms with Crippen LogP contribution in [0.5, 0.6) is 0 Å². The average Bonchev–Trinajstić information content (AvgIpc) is 2.34. The Morgan fingerprint density at radius 2 is 1.89 bits per heavy atom. The number of nitrogens with zero attached hydrogens (tertiary/aromatic N) is 1. The van der Waals surface area contributed by atoms with Crippen molar-refractivity contribution in [2.45, 2.75) is 34.2 Å². The van der Waals surface area contributed by atoms with E-state index in [0.29, 0.717) is 18.3 Å². The van der Waals surface area contributed by atoms with Crippen LogP contribution < -0.4 is 11.3 Å². The smallest absolute Gasteiger partial charge is 0.259 e. The minimum Gasteiger partial charge on any atom is -0.385 e. The second kappa shape index (κ2) is 4.72. The van der Waals surface area contributed by atoms with Gasteiger partial charge in [-0.15, -0.1) is 0 Å². The van der Waals surface area contributed by atoms with Gasteiger partial charge in [-0.3, -0.25) is 9.36 Å². The molecule has 2 rings (SSSR count). The van der Waals surface area contributed by atoms with Gasteiger partial charge in [-0.25, -0.2) is 0 Å². The fourth-order valence-electron chi connectivity index (χ4n) is 2.07. The SMILES string of the molecule is CC(C)C(C)(C)Cn1c(N)cc2ccccc2c1=O. The van der Waals surface area contributed by atoms with Crippen molar-refractivity contribution in [2.75, 3.05) is 5.73 Å². The molecule has 102 valence electrons. The van der Waals surface area contributed by atoms with Gasteiger partial charge in [0.2, 0.25) is 0 Å². The minimum absolute atomic E-state index is 0.00400. The van der Waals surface area contributed by atoms with Gasteiger partial charge in [0.15, 0.2) is 0 Å². The molecule has 0 bridgehead atoms. The molecule has 1 heterocycles. The van der Waals surface area contributed by atoms with Crippen LogP contribution in [0, 0.1) is 11.3 Å². The molecule has 1 aromatic carbocycles. The lowest BCUT2D eigenvalue weighted by atomic mass is 9.81. The van der Waals surface area contributed by atoms with Crippen LogP contribution in [0.2, 0.25) is 0 Å². The van der Waals surface area contributed by atoms with Gasteiger partial charge in [0.05, 0.1) is 0 Å². The third-order valence-corrected chi connectivity index (χ3v) is 4.18. The summed E-state index contributed by atoms with van der Waals surface area (Å²) in [5, 5.41) is 1.64. The van der Waals surface area contributed by atoms with E-state index >= 15 is 0 Å². The second-order valence-corrected chi connectivity index (χ2v) is 6.19. The van der Waals surface area contributed by atoms with Crippen LogP contribution >= 0.6 is 0 Å². The Kier molecular flexibility index (Phi) is 3.40. The van der Waals surface area contributed by atoms with Crippen LogP contribution in [0.3, 0.4) is 0 Å². The molecule has 0 atom stereocenters. The molecule has 3 heteroatoms. The monoisotopic (exact) mass is 258 g/mol. The van der Waals surface area contributed by atoms with Gasteiger partial charge < -0.3 is 5.73 Å². The number of rotatable bonds is 3. The molecule has 0 spiro atoms. The molecular weight excluding hydrogens is 236 g/mol. The molecule has 0 aliphatic heterocycles. The highest BCUT2D eigenvalue weighted by Crippen LogP contribution is 2.28. The first kappa shape index (κ1) is 13.7. The summed E-state index contributed by atoms with van der Waals surface area (Å²) in [5.41, 5.74) is 6.09.